The molecule has 22 heavy (non-hydrogen) atoms. The van der Waals surface area contributed by atoms with Crippen LogP contribution in [0.15, 0.2) is 30.3 Å². The molecule has 0 bridgehead atoms. The van der Waals surface area contributed by atoms with E-state index in [1.54, 1.807) is 0 Å². The van der Waals surface area contributed by atoms with Gasteiger partial charge in [0.2, 0.25) is 0 Å². The zero-order chi connectivity index (χ0) is 15.6. The fraction of sp³-hybridized carbons (Fsp3) is 0.556. The van der Waals surface area contributed by atoms with Crippen molar-refractivity contribution in [3.8, 4) is 0 Å². The number of nitrogens with one attached hydrogen (secondary N) is 1. The first kappa shape index (κ1) is 15.1. The summed E-state index contributed by atoms with van der Waals surface area (Å²) in [5, 5.41) is 3.06. The van der Waals surface area contributed by atoms with Crippen molar-refractivity contribution in [1.82, 2.24) is 10.2 Å². The number of hydrogen-bond donors (Lipinski definition) is 1. The van der Waals surface area contributed by atoms with E-state index in [1.807, 2.05) is 18.2 Å². The molecule has 2 unspecified atom stereocenters. The van der Waals surface area contributed by atoms with Gasteiger partial charge < -0.3 is 5.32 Å². The summed E-state index contributed by atoms with van der Waals surface area (Å²) in [6, 6.07) is 9.95. The fourth-order valence-electron chi connectivity index (χ4n) is 3.88. The van der Waals surface area contributed by atoms with Gasteiger partial charge in [-0.2, -0.15) is 0 Å². The molecule has 4 heteroatoms. The quantitative estimate of drug-likeness (QED) is 0.866. The average molecular weight is 300 g/mol. The first-order valence-corrected chi connectivity index (χ1v) is 8.38. The first-order valence-electron chi connectivity index (χ1n) is 8.38. The van der Waals surface area contributed by atoms with Gasteiger partial charge in [-0.15, -0.1) is 0 Å². The minimum Gasteiger partial charge on any atom is -0.322 e. The van der Waals surface area contributed by atoms with Crippen LogP contribution in [0.4, 0.5) is 4.79 Å². The molecule has 1 aromatic rings. The van der Waals surface area contributed by atoms with Gasteiger partial charge in [0.25, 0.3) is 5.91 Å². The molecule has 2 fully saturated rings. The molecular formula is C18H24N2O2. The third-order valence-corrected chi connectivity index (χ3v) is 5.05. The maximum absolute atomic E-state index is 13.0. The molecule has 1 aliphatic heterocycles. The fourth-order valence-corrected chi connectivity index (χ4v) is 3.88. The van der Waals surface area contributed by atoms with Crippen molar-refractivity contribution in [2.45, 2.75) is 56.9 Å². The summed E-state index contributed by atoms with van der Waals surface area (Å²) >= 11 is 0. The zero-order valence-corrected chi connectivity index (χ0v) is 13.2. The molecule has 1 aromatic carbocycles. The number of benzene rings is 1. The van der Waals surface area contributed by atoms with Crippen molar-refractivity contribution in [3.63, 3.8) is 0 Å². The molecule has 3 rings (SSSR count). The summed E-state index contributed by atoms with van der Waals surface area (Å²) in [4.78, 5) is 26.8. The number of urea groups is 1. The summed E-state index contributed by atoms with van der Waals surface area (Å²) in [6.07, 6.45) is 5.66. The number of carbonyl (C=O) groups excluding carboxylic acids is 2. The Kier molecular flexibility index (Phi) is 4.19. The lowest BCUT2D eigenvalue weighted by molar-refractivity contribution is -0.133. The summed E-state index contributed by atoms with van der Waals surface area (Å²) in [5.41, 5.74) is 0.443. The molecule has 2 atom stereocenters. The van der Waals surface area contributed by atoms with Crippen LogP contribution in [0.25, 0.3) is 0 Å². The highest BCUT2D eigenvalue weighted by Gasteiger charge is 2.56. The molecule has 1 N–H and O–H groups in total. The van der Waals surface area contributed by atoms with Crippen molar-refractivity contribution in [3.05, 3.63) is 35.9 Å². The molecule has 118 valence electrons. The Bertz CT molecular complexity index is 557. The van der Waals surface area contributed by atoms with Crippen LogP contribution in [0.3, 0.4) is 0 Å². The molecule has 1 aliphatic carbocycles. The van der Waals surface area contributed by atoms with E-state index in [9.17, 15) is 9.59 Å². The molecule has 1 saturated carbocycles. The Balaban J connectivity index is 1.92. The second kappa shape index (κ2) is 6.11. The number of amides is 3. The SMILES string of the molecule is CCCCN1C(=O)NC2(CCCCC2c2ccccc2)C1=O. The maximum Gasteiger partial charge on any atom is 0.325 e. The van der Waals surface area contributed by atoms with E-state index in [4.69, 9.17) is 0 Å². The van der Waals surface area contributed by atoms with E-state index in [0.717, 1.165) is 44.1 Å². The van der Waals surface area contributed by atoms with Crippen LogP contribution in [0.2, 0.25) is 0 Å². The summed E-state index contributed by atoms with van der Waals surface area (Å²) < 4.78 is 0. The van der Waals surface area contributed by atoms with Gasteiger partial charge in [-0.1, -0.05) is 56.5 Å². The van der Waals surface area contributed by atoms with E-state index >= 15 is 0 Å². The predicted octanol–water partition coefficient (Wildman–Crippen LogP) is 3.43. The standard InChI is InChI=1S/C18H24N2O2/c1-2-3-13-20-16(21)18(19-17(20)22)12-8-7-11-15(18)14-9-5-4-6-10-14/h4-6,9-10,15H,2-3,7-8,11-13H2,1H3,(H,19,22). The van der Waals surface area contributed by atoms with Gasteiger partial charge in [-0.05, 0) is 24.8 Å². The maximum atomic E-state index is 13.0. The van der Waals surface area contributed by atoms with Crippen LogP contribution >= 0.6 is 0 Å². The van der Waals surface area contributed by atoms with Crippen LogP contribution in [0, 0.1) is 0 Å². The third-order valence-electron chi connectivity index (χ3n) is 5.05. The molecule has 3 amide bonds. The van der Waals surface area contributed by atoms with Gasteiger partial charge in [0, 0.05) is 12.5 Å². The number of nitrogens with zero attached hydrogens (tertiary/aromatic N) is 1. The van der Waals surface area contributed by atoms with Gasteiger partial charge in [0.15, 0.2) is 0 Å². The summed E-state index contributed by atoms with van der Waals surface area (Å²) in [5.74, 6) is 0.0741. The molecular weight excluding hydrogens is 276 g/mol. The first-order chi connectivity index (χ1) is 10.7. The molecule has 4 nitrogen and oxygen atoms in total. The lowest BCUT2D eigenvalue weighted by atomic mass is 9.69. The monoisotopic (exact) mass is 300 g/mol. The zero-order valence-electron chi connectivity index (χ0n) is 13.2. The molecule has 2 aliphatic rings. The number of unbranched alkanes of at least 4 members (excludes halogenated alkanes) is 1. The smallest absolute Gasteiger partial charge is 0.322 e. The minimum absolute atomic E-state index is 0.0143. The summed E-state index contributed by atoms with van der Waals surface area (Å²) in [7, 11) is 0. The van der Waals surface area contributed by atoms with Crippen molar-refractivity contribution >= 4 is 11.9 Å². The second-order valence-corrected chi connectivity index (χ2v) is 6.42. The topological polar surface area (TPSA) is 49.4 Å². The highest BCUT2D eigenvalue weighted by molar-refractivity contribution is 6.07. The van der Waals surface area contributed by atoms with Gasteiger partial charge in [-0.3, -0.25) is 9.69 Å². The normalized spacial score (nSPS) is 28.2. The minimum atomic E-state index is -0.718. The third kappa shape index (κ3) is 2.40. The van der Waals surface area contributed by atoms with Gasteiger partial charge >= 0.3 is 6.03 Å². The van der Waals surface area contributed by atoms with Crippen LogP contribution < -0.4 is 5.32 Å². The number of carbonyl (C=O) groups is 2. The Morgan fingerprint density at radius 2 is 2.00 bits per heavy atom. The molecule has 1 saturated heterocycles. The summed E-state index contributed by atoms with van der Waals surface area (Å²) in [6.45, 7) is 2.60. The lowest BCUT2D eigenvalue weighted by Gasteiger charge is -2.39. The van der Waals surface area contributed by atoms with E-state index in [1.165, 1.54) is 4.90 Å². The van der Waals surface area contributed by atoms with Gasteiger partial charge in [-0.25, -0.2) is 4.79 Å². The molecule has 1 spiro atoms. The van der Waals surface area contributed by atoms with Crippen molar-refractivity contribution < 1.29 is 9.59 Å². The number of imide groups is 1. The van der Waals surface area contributed by atoms with Crippen molar-refractivity contribution in [2.75, 3.05) is 6.54 Å². The van der Waals surface area contributed by atoms with Crippen LogP contribution in [0.5, 0.6) is 0 Å². The molecule has 0 aromatic heterocycles. The number of hydrogen-bond acceptors (Lipinski definition) is 2. The van der Waals surface area contributed by atoms with E-state index < -0.39 is 5.54 Å². The van der Waals surface area contributed by atoms with Gasteiger partial charge in [0.05, 0.1) is 0 Å². The Morgan fingerprint density at radius 3 is 2.73 bits per heavy atom. The van der Waals surface area contributed by atoms with Gasteiger partial charge in [0.1, 0.15) is 5.54 Å². The number of rotatable bonds is 4. The van der Waals surface area contributed by atoms with Crippen LogP contribution in [-0.4, -0.2) is 28.9 Å². The lowest BCUT2D eigenvalue weighted by Crippen LogP contribution is -2.53. The average Bonchev–Trinajstić information content (AvgIpc) is 2.78. The highest BCUT2D eigenvalue weighted by Crippen LogP contribution is 2.44. The second-order valence-electron chi connectivity index (χ2n) is 6.42. The highest BCUT2D eigenvalue weighted by atomic mass is 16.2. The Hall–Kier alpha value is -1.84. The molecule has 0 radical (unpaired) electrons. The molecule has 1 heterocycles. The Labute approximate surface area is 131 Å². The predicted molar refractivity (Wildman–Crippen MR) is 85.5 cm³/mol. The van der Waals surface area contributed by atoms with E-state index in [2.05, 4.69) is 24.4 Å². The van der Waals surface area contributed by atoms with E-state index in [0.29, 0.717) is 6.54 Å². The van der Waals surface area contributed by atoms with Crippen molar-refractivity contribution in [1.29, 1.82) is 0 Å². The Morgan fingerprint density at radius 1 is 1.23 bits per heavy atom. The van der Waals surface area contributed by atoms with Crippen molar-refractivity contribution in [2.24, 2.45) is 0 Å². The van der Waals surface area contributed by atoms with E-state index in [-0.39, 0.29) is 17.9 Å². The van der Waals surface area contributed by atoms with Crippen LogP contribution in [-0.2, 0) is 4.79 Å². The van der Waals surface area contributed by atoms with Crippen LogP contribution in [0.1, 0.15) is 56.9 Å². The largest absolute Gasteiger partial charge is 0.325 e.